The Balaban J connectivity index is 2.07. The van der Waals surface area contributed by atoms with E-state index >= 15 is 0 Å². The molecule has 0 saturated carbocycles. The minimum absolute atomic E-state index is 0.0681. The van der Waals surface area contributed by atoms with Gasteiger partial charge in [0.15, 0.2) is 0 Å². The molecule has 1 aliphatic heterocycles. The van der Waals surface area contributed by atoms with Crippen LogP contribution in [-0.2, 0) is 16.1 Å². The fraction of sp³-hybridized carbons (Fsp3) is 0.412. The van der Waals surface area contributed by atoms with E-state index in [2.05, 4.69) is 6.58 Å². The van der Waals surface area contributed by atoms with Gasteiger partial charge in [-0.05, 0) is 36.6 Å². The molecule has 0 aliphatic carbocycles. The van der Waals surface area contributed by atoms with E-state index in [4.69, 9.17) is 0 Å². The van der Waals surface area contributed by atoms with E-state index in [1.165, 1.54) is 18.2 Å². The lowest BCUT2D eigenvalue weighted by Gasteiger charge is -2.38. The molecule has 1 aromatic rings. The molecule has 0 unspecified atom stereocenters. The maximum Gasteiger partial charge on any atom is 0.246 e. The lowest BCUT2D eigenvalue weighted by molar-refractivity contribution is -0.133. The van der Waals surface area contributed by atoms with Crippen molar-refractivity contribution in [1.82, 2.24) is 9.80 Å². The van der Waals surface area contributed by atoms with Crippen molar-refractivity contribution in [3.63, 3.8) is 0 Å². The number of carbonyl (C=O) groups is 2. The molecular weight excluding hydrogens is 283 g/mol. The van der Waals surface area contributed by atoms with Crippen LogP contribution in [0.25, 0.3) is 0 Å². The first kappa shape index (κ1) is 16.2. The summed E-state index contributed by atoms with van der Waals surface area (Å²) in [4.78, 5) is 27.1. The molecule has 1 fully saturated rings. The molecular formula is C17H21FN2O2. The number of hydrogen-bond donors (Lipinski definition) is 0. The minimum Gasteiger partial charge on any atom is -0.343 e. The van der Waals surface area contributed by atoms with E-state index in [1.807, 2.05) is 0 Å². The zero-order valence-electron chi connectivity index (χ0n) is 12.8. The molecule has 5 heteroatoms. The number of halogens is 1. The fourth-order valence-electron chi connectivity index (χ4n) is 2.78. The third kappa shape index (κ3) is 3.93. The van der Waals surface area contributed by atoms with Crippen molar-refractivity contribution in [1.29, 1.82) is 0 Å². The van der Waals surface area contributed by atoms with E-state index in [0.29, 0.717) is 19.6 Å². The van der Waals surface area contributed by atoms with E-state index in [0.717, 1.165) is 18.4 Å². The van der Waals surface area contributed by atoms with Gasteiger partial charge < -0.3 is 9.80 Å². The molecule has 0 atom stereocenters. The van der Waals surface area contributed by atoms with Crippen LogP contribution >= 0.6 is 0 Å². The first-order chi connectivity index (χ1) is 10.5. The number of piperidine rings is 1. The highest BCUT2D eigenvalue weighted by Gasteiger charge is 2.27. The molecule has 118 valence electrons. The number of likely N-dealkylation sites (tertiary alicyclic amines) is 1. The van der Waals surface area contributed by atoms with Gasteiger partial charge in [0.1, 0.15) is 5.82 Å². The summed E-state index contributed by atoms with van der Waals surface area (Å²) >= 11 is 0. The number of nitrogens with zero attached hydrogens (tertiary/aromatic N) is 2. The van der Waals surface area contributed by atoms with Crippen LogP contribution in [0, 0.1) is 5.82 Å². The summed E-state index contributed by atoms with van der Waals surface area (Å²) in [5, 5.41) is 0. The maximum atomic E-state index is 13.0. The molecule has 1 heterocycles. The predicted molar refractivity (Wildman–Crippen MR) is 82.4 cm³/mol. The minimum atomic E-state index is -0.292. The van der Waals surface area contributed by atoms with Gasteiger partial charge in [-0.1, -0.05) is 18.7 Å². The average molecular weight is 304 g/mol. The SMILES string of the molecule is C=CC(=O)N(Cc1ccc(F)cc1)C1CCN(C(C)=O)CC1. The van der Waals surface area contributed by atoms with Crippen LogP contribution in [0.15, 0.2) is 36.9 Å². The van der Waals surface area contributed by atoms with Crippen LogP contribution in [0.1, 0.15) is 25.3 Å². The van der Waals surface area contributed by atoms with Gasteiger partial charge in [0, 0.05) is 32.6 Å². The Morgan fingerprint density at radius 2 is 1.91 bits per heavy atom. The Morgan fingerprint density at radius 3 is 2.41 bits per heavy atom. The summed E-state index contributed by atoms with van der Waals surface area (Å²) < 4.78 is 13.0. The zero-order chi connectivity index (χ0) is 16.1. The molecule has 22 heavy (non-hydrogen) atoms. The lowest BCUT2D eigenvalue weighted by atomic mass is 10.0. The summed E-state index contributed by atoms with van der Waals surface area (Å²) in [5.41, 5.74) is 0.880. The topological polar surface area (TPSA) is 40.6 Å². The lowest BCUT2D eigenvalue weighted by Crippen LogP contribution is -2.47. The molecule has 0 N–H and O–H groups in total. The molecule has 4 nitrogen and oxygen atoms in total. The van der Waals surface area contributed by atoms with Gasteiger partial charge in [-0.25, -0.2) is 4.39 Å². The summed E-state index contributed by atoms with van der Waals surface area (Å²) in [5.74, 6) is -0.357. The third-order valence-electron chi connectivity index (χ3n) is 4.07. The highest BCUT2D eigenvalue weighted by molar-refractivity contribution is 5.87. The highest BCUT2D eigenvalue weighted by atomic mass is 19.1. The van der Waals surface area contributed by atoms with Gasteiger partial charge in [-0.15, -0.1) is 0 Å². The van der Waals surface area contributed by atoms with Crippen molar-refractivity contribution in [3.8, 4) is 0 Å². The molecule has 0 radical (unpaired) electrons. The Bertz CT molecular complexity index is 548. The largest absolute Gasteiger partial charge is 0.343 e. The number of benzene rings is 1. The first-order valence-electron chi connectivity index (χ1n) is 7.44. The van der Waals surface area contributed by atoms with Crippen molar-refractivity contribution >= 4 is 11.8 Å². The van der Waals surface area contributed by atoms with Crippen molar-refractivity contribution < 1.29 is 14.0 Å². The van der Waals surface area contributed by atoms with Crippen molar-refractivity contribution in [2.24, 2.45) is 0 Å². The smallest absolute Gasteiger partial charge is 0.246 e. The van der Waals surface area contributed by atoms with Crippen LogP contribution in [-0.4, -0.2) is 40.7 Å². The number of amides is 2. The number of hydrogen-bond acceptors (Lipinski definition) is 2. The Hall–Kier alpha value is -2.17. The van der Waals surface area contributed by atoms with Gasteiger partial charge in [-0.2, -0.15) is 0 Å². The standard InChI is InChI=1S/C17H21FN2O2/c1-3-17(22)20(12-14-4-6-15(18)7-5-14)16-8-10-19(11-9-16)13(2)21/h3-7,16H,1,8-12H2,2H3. The van der Waals surface area contributed by atoms with Gasteiger partial charge >= 0.3 is 0 Å². The second-order valence-corrected chi connectivity index (χ2v) is 5.53. The fourth-order valence-corrected chi connectivity index (χ4v) is 2.78. The van der Waals surface area contributed by atoms with E-state index in [-0.39, 0.29) is 23.7 Å². The highest BCUT2D eigenvalue weighted by Crippen LogP contribution is 2.20. The summed E-state index contributed by atoms with van der Waals surface area (Å²) in [6.07, 6.45) is 2.81. The van der Waals surface area contributed by atoms with Gasteiger partial charge in [-0.3, -0.25) is 9.59 Å². The third-order valence-corrected chi connectivity index (χ3v) is 4.07. The Morgan fingerprint density at radius 1 is 1.32 bits per heavy atom. The average Bonchev–Trinajstić information content (AvgIpc) is 2.53. The van der Waals surface area contributed by atoms with Crippen LogP contribution in [0.2, 0.25) is 0 Å². The van der Waals surface area contributed by atoms with Gasteiger partial charge in [0.2, 0.25) is 11.8 Å². The van der Waals surface area contributed by atoms with E-state index in [1.54, 1.807) is 28.9 Å². The molecule has 2 amide bonds. The zero-order valence-corrected chi connectivity index (χ0v) is 12.8. The normalized spacial score (nSPS) is 15.5. The molecule has 0 spiro atoms. The summed E-state index contributed by atoms with van der Waals surface area (Å²) in [6.45, 7) is 6.86. The number of rotatable bonds is 4. The molecule has 2 rings (SSSR count). The van der Waals surface area contributed by atoms with Crippen molar-refractivity contribution in [3.05, 3.63) is 48.3 Å². The molecule has 1 aliphatic rings. The van der Waals surface area contributed by atoms with E-state index < -0.39 is 0 Å². The molecule has 1 aromatic carbocycles. The van der Waals surface area contributed by atoms with E-state index in [9.17, 15) is 14.0 Å². The van der Waals surface area contributed by atoms with Crippen LogP contribution < -0.4 is 0 Å². The molecule has 1 saturated heterocycles. The predicted octanol–water partition coefficient (Wildman–Crippen LogP) is 2.35. The molecule has 0 bridgehead atoms. The Labute approximate surface area is 130 Å². The van der Waals surface area contributed by atoms with Crippen LogP contribution in [0.3, 0.4) is 0 Å². The number of carbonyl (C=O) groups excluding carboxylic acids is 2. The quantitative estimate of drug-likeness (QED) is 0.801. The van der Waals surface area contributed by atoms with Gasteiger partial charge in [0.25, 0.3) is 0 Å². The monoisotopic (exact) mass is 304 g/mol. The van der Waals surface area contributed by atoms with Crippen LogP contribution in [0.5, 0.6) is 0 Å². The second-order valence-electron chi connectivity index (χ2n) is 5.53. The summed E-state index contributed by atoms with van der Waals surface area (Å²) in [7, 11) is 0. The second kappa shape index (κ2) is 7.20. The maximum absolute atomic E-state index is 13.0. The molecule has 0 aromatic heterocycles. The van der Waals surface area contributed by atoms with Crippen molar-refractivity contribution in [2.75, 3.05) is 13.1 Å². The van der Waals surface area contributed by atoms with Gasteiger partial charge in [0.05, 0.1) is 0 Å². The van der Waals surface area contributed by atoms with Crippen molar-refractivity contribution in [2.45, 2.75) is 32.4 Å². The first-order valence-corrected chi connectivity index (χ1v) is 7.44. The summed E-state index contributed by atoms with van der Waals surface area (Å²) in [6, 6.07) is 6.23. The Kier molecular flexibility index (Phi) is 5.31. The van der Waals surface area contributed by atoms with Crippen LogP contribution in [0.4, 0.5) is 4.39 Å².